The van der Waals surface area contributed by atoms with Crippen molar-refractivity contribution >= 4 is 40.0 Å². The van der Waals surface area contributed by atoms with Gasteiger partial charge in [0.05, 0.1) is 0 Å². The molecule has 0 atom stereocenters. The molecule has 2 N–H and O–H groups in total. The first-order valence-corrected chi connectivity index (χ1v) is 12.3. The first-order chi connectivity index (χ1) is 17.1. The lowest BCUT2D eigenvalue weighted by molar-refractivity contribution is -0.121. The number of amides is 1. The van der Waals surface area contributed by atoms with E-state index in [2.05, 4.69) is 50.2 Å². The van der Waals surface area contributed by atoms with Crippen LogP contribution < -0.4 is 15.4 Å². The second kappa shape index (κ2) is 10.5. The van der Waals surface area contributed by atoms with E-state index in [1.165, 1.54) is 16.7 Å². The summed E-state index contributed by atoms with van der Waals surface area (Å²) in [6, 6.07) is 19.6. The first kappa shape index (κ1) is 25.4. The van der Waals surface area contributed by atoms with Gasteiger partial charge in [0.2, 0.25) is 0 Å². The molecule has 0 saturated heterocycles. The van der Waals surface area contributed by atoms with Crippen LogP contribution >= 0.6 is 12.2 Å². The number of nitrogens with one attached hydrogen (secondary N) is 2. The van der Waals surface area contributed by atoms with Crippen molar-refractivity contribution in [1.29, 1.82) is 0 Å². The van der Waals surface area contributed by atoms with E-state index in [-0.39, 0.29) is 23.0 Å². The van der Waals surface area contributed by atoms with E-state index in [1.54, 1.807) is 0 Å². The fraction of sp³-hybridized carbons (Fsp3) is 0.276. The number of fused-ring (bicyclic) bond motifs is 1. The van der Waals surface area contributed by atoms with Crippen LogP contribution in [0.25, 0.3) is 11.1 Å². The molecule has 0 spiro atoms. The molecule has 1 amide bonds. The van der Waals surface area contributed by atoms with E-state index >= 15 is 0 Å². The molecule has 0 fully saturated rings. The largest absolute Gasteiger partial charge is 0.484 e. The smallest absolute Gasteiger partial charge is 0.264 e. The van der Waals surface area contributed by atoms with E-state index in [4.69, 9.17) is 21.4 Å². The maximum absolute atomic E-state index is 12.2. The van der Waals surface area contributed by atoms with E-state index in [1.807, 2.05) is 60.7 Å². The highest BCUT2D eigenvalue weighted by Gasteiger charge is 2.14. The van der Waals surface area contributed by atoms with Gasteiger partial charge in [0.15, 0.2) is 23.2 Å². The van der Waals surface area contributed by atoms with Crippen molar-refractivity contribution in [1.82, 2.24) is 10.3 Å². The monoisotopic (exact) mass is 501 g/mol. The summed E-state index contributed by atoms with van der Waals surface area (Å²) < 4.78 is 11.5. The number of benzene rings is 3. The molecule has 6 nitrogen and oxygen atoms in total. The van der Waals surface area contributed by atoms with Crippen molar-refractivity contribution in [3.63, 3.8) is 0 Å². The molecule has 0 aliphatic heterocycles. The Morgan fingerprint density at radius 3 is 2.33 bits per heavy atom. The lowest BCUT2D eigenvalue weighted by Gasteiger charge is -2.19. The van der Waals surface area contributed by atoms with Gasteiger partial charge in [-0.2, -0.15) is 0 Å². The molecule has 4 aromatic rings. The van der Waals surface area contributed by atoms with Gasteiger partial charge in [-0.1, -0.05) is 45.0 Å². The molecule has 0 bridgehead atoms. The van der Waals surface area contributed by atoms with Gasteiger partial charge in [0.25, 0.3) is 5.91 Å². The molecule has 0 unspecified atom stereocenters. The minimum atomic E-state index is -0.328. The Kier molecular flexibility index (Phi) is 7.40. The summed E-state index contributed by atoms with van der Waals surface area (Å²) in [5, 5.41) is 5.88. The molecule has 1 aromatic heterocycles. The van der Waals surface area contributed by atoms with E-state index in [9.17, 15) is 4.79 Å². The summed E-state index contributed by atoms with van der Waals surface area (Å²) >= 11 is 5.27. The predicted octanol–water partition coefficient (Wildman–Crippen LogP) is 6.22. The van der Waals surface area contributed by atoms with Gasteiger partial charge in [-0.05, 0) is 90.1 Å². The molecule has 0 aliphatic carbocycles. The van der Waals surface area contributed by atoms with Gasteiger partial charge < -0.3 is 14.5 Å². The maximum atomic E-state index is 12.2. The normalized spacial score (nSPS) is 11.4. The van der Waals surface area contributed by atoms with Crippen LogP contribution in [0.15, 0.2) is 65.1 Å². The van der Waals surface area contributed by atoms with Crippen molar-refractivity contribution in [2.24, 2.45) is 0 Å². The van der Waals surface area contributed by atoms with Crippen molar-refractivity contribution in [2.75, 3.05) is 11.9 Å². The fourth-order valence-corrected chi connectivity index (χ4v) is 3.94. The molecule has 0 radical (unpaired) electrons. The molecule has 3 aromatic carbocycles. The Morgan fingerprint density at radius 1 is 1.00 bits per heavy atom. The Balaban J connectivity index is 1.26. The van der Waals surface area contributed by atoms with Crippen LogP contribution in [0.4, 0.5) is 5.69 Å². The van der Waals surface area contributed by atoms with Crippen LogP contribution in [0.2, 0.25) is 0 Å². The van der Waals surface area contributed by atoms with Gasteiger partial charge in [-0.15, -0.1) is 0 Å². The number of carbonyl (C=O) groups excluding carboxylic acids is 1. The minimum absolute atomic E-state index is 0.0642. The number of nitrogens with zero attached hydrogens (tertiary/aromatic N) is 1. The summed E-state index contributed by atoms with van der Waals surface area (Å²) in [6.45, 7) is 10.5. The van der Waals surface area contributed by atoms with Crippen molar-refractivity contribution < 1.29 is 13.9 Å². The van der Waals surface area contributed by atoms with E-state index in [0.29, 0.717) is 18.1 Å². The Hall–Kier alpha value is -3.71. The Labute approximate surface area is 217 Å². The number of ether oxygens (including phenoxy) is 1. The van der Waals surface area contributed by atoms with Gasteiger partial charge >= 0.3 is 0 Å². The standard InChI is InChI=1S/C29H31N3O3S/c1-18-14-24-25(15-19(18)2)35-27(31-24)16-20-6-10-22(11-7-20)30-28(36)32-26(33)17-34-23-12-8-21(9-13-23)29(3,4)5/h6-15H,16-17H2,1-5H3,(H2,30,32,33,36). The molecule has 7 heteroatoms. The summed E-state index contributed by atoms with van der Waals surface area (Å²) in [6.07, 6.45) is 0.586. The van der Waals surface area contributed by atoms with E-state index < -0.39 is 0 Å². The molecule has 0 aliphatic rings. The summed E-state index contributed by atoms with van der Waals surface area (Å²) in [7, 11) is 0. The van der Waals surface area contributed by atoms with Gasteiger partial charge in [0, 0.05) is 12.1 Å². The lowest BCUT2D eigenvalue weighted by atomic mass is 9.87. The number of carbonyl (C=O) groups is 1. The van der Waals surface area contributed by atoms with Crippen LogP contribution in [-0.2, 0) is 16.6 Å². The number of oxazole rings is 1. The number of hydrogen-bond acceptors (Lipinski definition) is 5. The zero-order valence-electron chi connectivity index (χ0n) is 21.3. The fourth-order valence-electron chi connectivity index (χ4n) is 3.71. The number of thiocarbonyl (C=S) groups is 1. The second-order valence-corrected chi connectivity index (χ2v) is 10.4. The average molecular weight is 502 g/mol. The molecule has 4 rings (SSSR count). The van der Waals surface area contributed by atoms with Crippen LogP contribution in [0.1, 0.15) is 48.9 Å². The molecule has 186 valence electrons. The summed E-state index contributed by atoms with van der Waals surface area (Å²) in [4.78, 5) is 16.8. The number of anilines is 1. The SMILES string of the molecule is Cc1cc2nc(Cc3ccc(NC(=S)NC(=O)COc4ccc(C(C)(C)C)cc4)cc3)oc2cc1C. The van der Waals surface area contributed by atoms with Crippen LogP contribution in [0.3, 0.4) is 0 Å². The first-order valence-electron chi connectivity index (χ1n) is 11.9. The Bertz CT molecular complexity index is 1350. The quantitative estimate of drug-likeness (QED) is 0.305. The highest BCUT2D eigenvalue weighted by Crippen LogP contribution is 2.24. The molecular weight excluding hydrogens is 470 g/mol. The van der Waals surface area contributed by atoms with Crippen molar-refractivity contribution in [2.45, 2.75) is 46.5 Å². The zero-order valence-corrected chi connectivity index (χ0v) is 22.1. The topological polar surface area (TPSA) is 76.4 Å². The summed E-state index contributed by atoms with van der Waals surface area (Å²) in [5.41, 5.74) is 7.15. The number of aromatic nitrogens is 1. The molecule has 36 heavy (non-hydrogen) atoms. The minimum Gasteiger partial charge on any atom is -0.484 e. The number of aryl methyl sites for hydroxylation is 2. The third kappa shape index (κ3) is 6.49. The highest BCUT2D eigenvalue weighted by atomic mass is 32.1. The second-order valence-electron chi connectivity index (χ2n) is 9.95. The van der Waals surface area contributed by atoms with Crippen LogP contribution in [-0.4, -0.2) is 22.6 Å². The Morgan fingerprint density at radius 2 is 1.67 bits per heavy atom. The lowest BCUT2D eigenvalue weighted by Crippen LogP contribution is -2.37. The average Bonchev–Trinajstić information content (AvgIpc) is 3.19. The third-order valence-electron chi connectivity index (χ3n) is 5.96. The molecule has 0 saturated carbocycles. The van der Waals surface area contributed by atoms with Crippen molar-refractivity contribution in [3.8, 4) is 5.75 Å². The maximum Gasteiger partial charge on any atom is 0.264 e. The highest BCUT2D eigenvalue weighted by molar-refractivity contribution is 7.80. The van der Waals surface area contributed by atoms with Gasteiger partial charge in [-0.3, -0.25) is 10.1 Å². The van der Waals surface area contributed by atoms with Crippen molar-refractivity contribution in [3.05, 3.63) is 88.8 Å². The number of rotatable bonds is 6. The van der Waals surface area contributed by atoms with Gasteiger partial charge in [0.1, 0.15) is 11.3 Å². The van der Waals surface area contributed by atoms with E-state index in [0.717, 1.165) is 22.4 Å². The predicted molar refractivity (Wildman–Crippen MR) is 148 cm³/mol. The van der Waals surface area contributed by atoms with Crippen LogP contribution in [0, 0.1) is 13.8 Å². The zero-order chi connectivity index (χ0) is 25.9. The molecule has 1 heterocycles. The number of hydrogen-bond donors (Lipinski definition) is 2. The molecular formula is C29H31N3O3S. The summed E-state index contributed by atoms with van der Waals surface area (Å²) in [5.74, 6) is 0.980. The van der Waals surface area contributed by atoms with Crippen LogP contribution in [0.5, 0.6) is 5.75 Å². The van der Waals surface area contributed by atoms with Gasteiger partial charge in [-0.25, -0.2) is 4.98 Å². The third-order valence-corrected chi connectivity index (χ3v) is 6.16.